The Labute approximate surface area is 238 Å². The Bertz CT molecular complexity index is 1660. The highest BCUT2D eigenvalue weighted by molar-refractivity contribution is 6.18. The number of hydrogen-bond donors (Lipinski definition) is 4. The second kappa shape index (κ2) is 10.1. The Morgan fingerprint density at radius 3 is 1.90 bits per heavy atom. The summed E-state index contributed by atoms with van der Waals surface area (Å²) < 4.78 is 0. The highest BCUT2D eigenvalue weighted by atomic mass is 16.4. The summed E-state index contributed by atoms with van der Waals surface area (Å²) in [7, 11) is 0. The Hall–Kier alpha value is -4.53. The molecule has 0 aliphatic carbocycles. The molecule has 0 atom stereocenters. The topological polar surface area (TPSA) is 144 Å². The largest absolute Gasteiger partial charge is 0.509 e. The summed E-state index contributed by atoms with van der Waals surface area (Å²) in [5.41, 5.74) is 9.97. The van der Waals surface area contributed by atoms with Crippen molar-refractivity contribution in [2.45, 2.75) is 67.2 Å². The molecule has 5 heterocycles. The monoisotopic (exact) mass is 554 g/mol. The number of aliphatic carboxylic acids is 2. The number of carboxylic acids is 2. The number of nitrogens with one attached hydrogen (secondary N) is 1. The van der Waals surface area contributed by atoms with Gasteiger partial charge in [0.2, 0.25) is 0 Å². The predicted octanol–water partition coefficient (Wildman–Crippen LogP) is 6.00. The molecule has 41 heavy (non-hydrogen) atoms. The molecule has 0 fully saturated rings. The van der Waals surface area contributed by atoms with Crippen LogP contribution in [0.4, 0.5) is 0 Å². The van der Waals surface area contributed by atoms with E-state index >= 15 is 0 Å². The Kier molecular flexibility index (Phi) is 6.93. The van der Waals surface area contributed by atoms with E-state index in [2.05, 4.69) is 5.32 Å². The molecule has 0 aromatic rings. The molecule has 5 aliphatic heterocycles. The van der Waals surface area contributed by atoms with Gasteiger partial charge in [0, 0.05) is 18.5 Å². The fraction of sp³-hybridized carbons (Fsp3) is 0.344. The molecule has 9 nitrogen and oxygen atoms in total. The van der Waals surface area contributed by atoms with Crippen molar-refractivity contribution in [3.63, 3.8) is 0 Å². The van der Waals surface area contributed by atoms with E-state index in [4.69, 9.17) is 15.0 Å². The first kappa shape index (κ1) is 28.0. The van der Waals surface area contributed by atoms with E-state index < -0.39 is 17.4 Å². The Morgan fingerprint density at radius 1 is 0.707 bits per heavy atom. The molecule has 9 heteroatoms. The molecule has 4 N–H and O–H groups in total. The number of aliphatic hydroxyl groups excluding tert-OH is 1. The van der Waals surface area contributed by atoms with Gasteiger partial charge in [-0.25, -0.2) is 15.0 Å². The molecule has 0 saturated carbocycles. The van der Waals surface area contributed by atoms with Crippen LogP contribution in [0.1, 0.15) is 67.2 Å². The number of carboxylic acid groups (broad SMARTS) is 2. The van der Waals surface area contributed by atoms with E-state index in [0.29, 0.717) is 34.9 Å². The van der Waals surface area contributed by atoms with Gasteiger partial charge in [0.25, 0.3) is 0 Å². The van der Waals surface area contributed by atoms with Crippen LogP contribution in [0.25, 0.3) is 0 Å². The highest BCUT2D eigenvalue weighted by Gasteiger charge is 2.38. The number of fused-ring (bicyclic) bond motifs is 5. The van der Waals surface area contributed by atoms with Crippen molar-refractivity contribution in [2.24, 2.45) is 20.4 Å². The number of rotatable bonds is 6. The maximum atomic E-state index is 11.5. The average Bonchev–Trinajstić information content (AvgIpc) is 3.51. The zero-order chi connectivity index (χ0) is 29.8. The number of aliphatic hydroxyl groups is 1. The molecular formula is C32H34N4O5. The van der Waals surface area contributed by atoms with Crippen LogP contribution in [0, 0.1) is 5.41 Å². The first-order valence-corrected chi connectivity index (χ1v) is 13.6. The first-order valence-electron chi connectivity index (χ1n) is 13.6. The summed E-state index contributed by atoms with van der Waals surface area (Å²) in [6.45, 7) is 11.7. The molecule has 0 amide bonds. The standard InChI is InChI=1S/C32H34N4O5/c1-15-16(2)24-14-28-32(5,6)31(41)27(36-28)12-23-18(4)20(8-10-30(39)40)26(35-23)13-25-19(7-9-29(37)38)17(3)22(34-25)11-21(15)33-24/h11-14,36,41H,7-10H2,1-6H3,(H,37,38)(H,39,40). The molecule has 0 spiro atoms. The van der Waals surface area contributed by atoms with Crippen molar-refractivity contribution in [3.05, 3.63) is 92.0 Å². The number of carbonyl (C=O) groups is 2. The lowest BCUT2D eigenvalue weighted by Gasteiger charge is -2.20. The van der Waals surface area contributed by atoms with Crippen LogP contribution in [0.15, 0.2) is 107 Å². The molecule has 212 valence electrons. The Morgan fingerprint density at radius 2 is 1.24 bits per heavy atom. The summed E-state index contributed by atoms with van der Waals surface area (Å²) in [6.07, 6.45) is 7.94. The average molecular weight is 555 g/mol. The van der Waals surface area contributed by atoms with E-state index in [1.807, 2.05) is 59.8 Å². The molecule has 5 aliphatic rings. The van der Waals surface area contributed by atoms with Gasteiger partial charge >= 0.3 is 11.9 Å². The lowest BCUT2D eigenvalue weighted by molar-refractivity contribution is -0.137. The number of allylic oxidation sites excluding steroid dienone is 10. The minimum absolute atomic E-state index is 0.0510. The van der Waals surface area contributed by atoms with Gasteiger partial charge in [-0.2, -0.15) is 0 Å². The fourth-order valence-corrected chi connectivity index (χ4v) is 5.51. The van der Waals surface area contributed by atoms with Crippen LogP contribution in [0.3, 0.4) is 0 Å². The van der Waals surface area contributed by atoms with E-state index in [1.165, 1.54) is 0 Å². The Balaban J connectivity index is 1.76. The first-order chi connectivity index (χ1) is 19.3. The van der Waals surface area contributed by atoms with Gasteiger partial charge in [-0.05, 0) is 112 Å². The van der Waals surface area contributed by atoms with Crippen LogP contribution >= 0.6 is 0 Å². The summed E-state index contributed by atoms with van der Waals surface area (Å²) in [4.78, 5) is 37.6. The molecular weight excluding hydrogens is 520 g/mol. The van der Waals surface area contributed by atoms with Gasteiger partial charge in [-0.15, -0.1) is 0 Å². The van der Waals surface area contributed by atoms with E-state index in [0.717, 1.165) is 50.5 Å². The minimum Gasteiger partial charge on any atom is -0.509 e. The van der Waals surface area contributed by atoms with E-state index in [-0.39, 0.29) is 25.0 Å². The lowest BCUT2D eigenvalue weighted by Crippen LogP contribution is -2.19. The smallest absolute Gasteiger partial charge is 0.303 e. The quantitative estimate of drug-likeness (QED) is 0.317. The van der Waals surface area contributed by atoms with Gasteiger partial charge in [0.15, 0.2) is 0 Å². The lowest BCUT2D eigenvalue weighted by atomic mass is 9.87. The van der Waals surface area contributed by atoms with Crippen LogP contribution in [0.5, 0.6) is 0 Å². The second-order valence-corrected chi connectivity index (χ2v) is 11.4. The maximum Gasteiger partial charge on any atom is 0.303 e. The van der Waals surface area contributed by atoms with Crippen LogP contribution in [-0.2, 0) is 9.59 Å². The number of nitrogens with zero attached hydrogens (tertiary/aromatic N) is 3. The number of aliphatic imine (C=N–C) groups is 3. The maximum absolute atomic E-state index is 11.5. The van der Waals surface area contributed by atoms with Crippen LogP contribution in [-0.4, -0.2) is 44.4 Å². The summed E-state index contributed by atoms with van der Waals surface area (Å²) in [6, 6.07) is 0. The van der Waals surface area contributed by atoms with Gasteiger partial charge in [0.1, 0.15) is 5.76 Å². The highest BCUT2D eigenvalue weighted by Crippen LogP contribution is 2.42. The molecule has 0 aromatic heterocycles. The predicted molar refractivity (Wildman–Crippen MR) is 159 cm³/mol. The third kappa shape index (κ3) is 4.96. The summed E-state index contributed by atoms with van der Waals surface area (Å²) in [5, 5.41) is 33.4. The molecule has 0 saturated heterocycles. The molecule has 0 radical (unpaired) electrons. The zero-order valence-corrected chi connectivity index (χ0v) is 24.1. The summed E-state index contributed by atoms with van der Waals surface area (Å²) >= 11 is 0. The van der Waals surface area contributed by atoms with Crippen LogP contribution < -0.4 is 5.32 Å². The van der Waals surface area contributed by atoms with Gasteiger partial charge in [0.05, 0.1) is 45.3 Å². The van der Waals surface area contributed by atoms with Gasteiger partial charge in [-0.1, -0.05) is 0 Å². The minimum atomic E-state index is -0.914. The zero-order valence-electron chi connectivity index (χ0n) is 24.1. The molecule has 0 aromatic carbocycles. The fourth-order valence-electron chi connectivity index (χ4n) is 5.51. The third-order valence-electron chi connectivity index (χ3n) is 8.42. The van der Waals surface area contributed by atoms with E-state index in [9.17, 15) is 24.9 Å². The number of hydrogen-bond acceptors (Lipinski definition) is 7. The van der Waals surface area contributed by atoms with Crippen molar-refractivity contribution < 1.29 is 24.9 Å². The molecule has 8 bridgehead atoms. The summed E-state index contributed by atoms with van der Waals surface area (Å²) in [5.74, 6) is -1.64. The van der Waals surface area contributed by atoms with Crippen molar-refractivity contribution in [2.75, 3.05) is 0 Å². The van der Waals surface area contributed by atoms with Crippen molar-refractivity contribution in [3.8, 4) is 0 Å². The van der Waals surface area contributed by atoms with Gasteiger partial charge < -0.3 is 20.6 Å². The molecule has 5 rings (SSSR count). The van der Waals surface area contributed by atoms with Crippen molar-refractivity contribution in [1.82, 2.24) is 5.32 Å². The van der Waals surface area contributed by atoms with Crippen LogP contribution in [0.2, 0.25) is 0 Å². The van der Waals surface area contributed by atoms with E-state index in [1.54, 1.807) is 6.08 Å². The van der Waals surface area contributed by atoms with Crippen molar-refractivity contribution >= 4 is 29.1 Å². The SMILES string of the molecule is CC1=C(C)C2=NC1=CC1=NC(=CC3=NC(=CC4=C(O)C(C)(C)C(=C2)N4)C(C)=C3CCC(=O)O)C(CCC(=O)O)=C1C. The third-order valence-corrected chi connectivity index (χ3v) is 8.42. The van der Waals surface area contributed by atoms with Gasteiger partial charge in [-0.3, -0.25) is 9.59 Å². The normalized spacial score (nSPS) is 21.4. The van der Waals surface area contributed by atoms with Crippen molar-refractivity contribution in [1.29, 1.82) is 0 Å². The second-order valence-electron chi connectivity index (χ2n) is 11.4. The molecule has 0 unspecified atom stereocenters.